The van der Waals surface area contributed by atoms with Crippen molar-refractivity contribution in [3.8, 4) is 0 Å². The van der Waals surface area contributed by atoms with E-state index in [0.717, 1.165) is 5.56 Å². The number of ether oxygens (including phenoxy) is 1. The largest absolute Gasteiger partial charge is 0.462 e. The van der Waals surface area contributed by atoms with E-state index in [0.29, 0.717) is 22.0 Å². The summed E-state index contributed by atoms with van der Waals surface area (Å²) in [4.78, 5) is 36.2. The van der Waals surface area contributed by atoms with Crippen molar-refractivity contribution in [2.75, 3.05) is 11.9 Å². The van der Waals surface area contributed by atoms with E-state index in [1.54, 1.807) is 61.5 Å². The van der Waals surface area contributed by atoms with Gasteiger partial charge in [-0.1, -0.05) is 41.9 Å². The van der Waals surface area contributed by atoms with E-state index in [2.05, 4.69) is 15.8 Å². The topological polar surface area (TPSA) is 147 Å². The van der Waals surface area contributed by atoms with Gasteiger partial charge in [0.1, 0.15) is 11.5 Å². The van der Waals surface area contributed by atoms with Crippen molar-refractivity contribution >= 4 is 51.3 Å². The number of carbonyl (C=O) groups is 3. The first-order valence-electron chi connectivity index (χ1n) is 13.0. The van der Waals surface area contributed by atoms with Gasteiger partial charge in [0.05, 0.1) is 29.8 Å². The van der Waals surface area contributed by atoms with Crippen LogP contribution in [-0.4, -0.2) is 43.3 Å². The predicted octanol–water partition coefficient (Wildman–Crippen LogP) is 4.59. The Labute approximate surface area is 253 Å². The minimum Gasteiger partial charge on any atom is -0.462 e. The van der Waals surface area contributed by atoms with Gasteiger partial charge in [-0.25, -0.2) is 18.6 Å². The van der Waals surface area contributed by atoms with Crippen LogP contribution in [0.3, 0.4) is 0 Å². The number of hydrogen-bond donors (Lipinski definition) is 2. The SMILES string of the molecule is CCOC(=O)c1ccc(NC(=O)C(=O)N/N=C/c2ccc(CN(Cc3ccc(Cl)cc3)S(=O)(=O)c3ccccc3)o2)cc1. The molecule has 0 radical (unpaired) electrons. The molecule has 4 rings (SSSR count). The van der Waals surface area contributed by atoms with E-state index in [1.165, 1.54) is 46.9 Å². The molecule has 3 aromatic carbocycles. The van der Waals surface area contributed by atoms with Crippen LogP contribution >= 0.6 is 11.6 Å². The van der Waals surface area contributed by atoms with Crippen LogP contribution in [0.1, 0.15) is 34.4 Å². The van der Waals surface area contributed by atoms with Crippen molar-refractivity contribution in [2.45, 2.75) is 24.9 Å². The van der Waals surface area contributed by atoms with Crippen LogP contribution in [0.5, 0.6) is 0 Å². The molecule has 0 fully saturated rings. The number of hydrazone groups is 1. The number of hydrogen-bond acceptors (Lipinski definition) is 8. The lowest BCUT2D eigenvalue weighted by Gasteiger charge is -2.21. The summed E-state index contributed by atoms with van der Waals surface area (Å²) >= 11 is 5.98. The molecule has 2 N–H and O–H groups in total. The Kier molecular flexibility index (Phi) is 10.4. The molecule has 0 bridgehead atoms. The molecule has 1 heterocycles. The third-order valence-corrected chi connectivity index (χ3v) is 7.94. The molecule has 0 saturated heterocycles. The molecule has 0 aliphatic carbocycles. The number of halogens is 1. The Morgan fingerprint density at radius 2 is 1.60 bits per heavy atom. The Morgan fingerprint density at radius 3 is 2.28 bits per heavy atom. The molecule has 222 valence electrons. The molecular formula is C30H27ClN4O7S. The maximum absolute atomic E-state index is 13.5. The normalized spacial score (nSPS) is 11.4. The Bertz CT molecular complexity index is 1710. The number of nitrogens with one attached hydrogen (secondary N) is 2. The van der Waals surface area contributed by atoms with Gasteiger partial charge in [-0.2, -0.15) is 9.41 Å². The van der Waals surface area contributed by atoms with E-state index < -0.39 is 27.8 Å². The molecule has 1 aromatic heterocycles. The summed E-state index contributed by atoms with van der Waals surface area (Å²) in [5.74, 6) is -1.98. The number of rotatable bonds is 11. The summed E-state index contributed by atoms with van der Waals surface area (Å²) in [7, 11) is -3.89. The number of carbonyl (C=O) groups excluding carboxylic acids is 3. The van der Waals surface area contributed by atoms with Gasteiger partial charge >= 0.3 is 17.8 Å². The van der Waals surface area contributed by atoms with E-state index in [1.807, 2.05) is 0 Å². The van der Waals surface area contributed by atoms with E-state index in [4.69, 9.17) is 20.8 Å². The highest BCUT2D eigenvalue weighted by molar-refractivity contribution is 7.89. The summed E-state index contributed by atoms with van der Waals surface area (Å²) in [5.41, 5.74) is 3.42. The highest BCUT2D eigenvalue weighted by atomic mass is 35.5. The standard InChI is InChI=1S/C30H27ClN4O7S/c1-2-41-30(38)22-10-14-24(15-11-22)33-28(36)29(37)34-32-18-25-16-17-26(42-25)20-35(19-21-8-12-23(31)13-9-21)43(39,40)27-6-4-3-5-7-27/h3-18H,2,19-20H2,1H3,(H,33,36)(H,34,37)/b32-18+. The Hall–Kier alpha value is -4.78. The maximum atomic E-state index is 13.5. The highest BCUT2D eigenvalue weighted by Gasteiger charge is 2.26. The van der Waals surface area contributed by atoms with Crippen LogP contribution in [0.4, 0.5) is 5.69 Å². The number of sulfonamides is 1. The number of amides is 2. The lowest BCUT2D eigenvalue weighted by molar-refractivity contribution is -0.136. The van der Waals surface area contributed by atoms with Gasteiger partial charge in [-0.05, 0) is 73.2 Å². The number of nitrogens with zero attached hydrogens (tertiary/aromatic N) is 2. The molecular weight excluding hydrogens is 596 g/mol. The van der Waals surface area contributed by atoms with Gasteiger partial charge < -0.3 is 14.5 Å². The van der Waals surface area contributed by atoms with Gasteiger partial charge in [0.15, 0.2) is 0 Å². The first-order chi connectivity index (χ1) is 20.7. The van der Waals surface area contributed by atoms with Crippen LogP contribution in [-0.2, 0) is 37.4 Å². The lowest BCUT2D eigenvalue weighted by Crippen LogP contribution is -2.32. The first kappa shape index (κ1) is 31.2. The smallest absolute Gasteiger partial charge is 0.338 e. The fraction of sp³-hybridized carbons (Fsp3) is 0.133. The third-order valence-electron chi connectivity index (χ3n) is 5.89. The van der Waals surface area contributed by atoms with Gasteiger partial charge in [0, 0.05) is 17.3 Å². The molecule has 2 amide bonds. The Balaban J connectivity index is 1.38. The van der Waals surface area contributed by atoms with E-state index >= 15 is 0 Å². The maximum Gasteiger partial charge on any atom is 0.338 e. The highest BCUT2D eigenvalue weighted by Crippen LogP contribution is 2.22. The lowest BCUT2D eigenvalue weighted by atomic mass is 10.2. The second-order valence-electron chi connectivity index (χ2n) is 8.97. The number of esters is 1. The van der Waals surface area contributed by atoms with Crippen LogP contribution in [0.25, 0.3) is 0 Å². The van der Waals surface area contributed by atoms with Crippen LogP contribution in [0, 0.1) is 0 Å². The second-order valence-corrected chi connectivity index (χ2v) is 11.3. The van der Waals surface area contributed by atoms with Crippen LogP contribution in [0.2, 0.25) is 5.02 Å². The minimum absolute atomic E-state index is 0.0647. The van der Waals surface area contributed by atoms with Crippen molar-refractivity contribution in [1.82, 2.24) is 9.73 Å². The van der Waals surface area contributed by atoms with Gasteiger partial charge in [0.25, 0.3) is 0 Å². The fourth-order valence-corrected chi connectivity index (χ4v) is 5.32. The van der Waals surface area contributed by atoms with Gasteiger partial charge in [0.2, 0.25) is 10.0 Å². The molecule has 0 saturated carbocycles. The van der Waals surface area contributed by atoms with Crippen molar-refractivity contribution in [1.29, 1.82) is 0 Å². The molecule has 11 nitrogen and oxygen atoms in total. The van der Waals surface area contributed by atoms with Gasteiger partial charge in [-0.3, -0.25) is 9.59 Å². The Morgan fingerprint density at radius 1 is 0.907 bits per heavy atom. The van der Waals surface area contributed by atoms with Crippen molar-refractivity contribution in [3.05, 3.63) is 119 Å². The second kappa shape index (κ2) is 14.4. The van der Waals surface area contributed by atoms with E-state index in [-0.39, 0.29) is 30.4 Å². The minimum atomic E-state index is -3.89. The fourth-order valence-electron chi connectivity index (χ4n) is 3.78. The zero-order chi connectivity index (χ0) is 30.8. The summed E-state index contributed by atoms with van der Waals surface area (Å²) in [6.45, 7) is 1.90. The molecule has 0 atom stereocenters. The van der Waals surface area contributed by atoms with Crippen molar-refractivity contribution < 1.29 is 32.0 Å². The molecule has 0 spiro atoms. The number of anilines is 1. The summed E-state index contributed by atoms with van der Waals surface area (Å²) in [6, 6.07) is 23.9. The van der Waals surface area contributed by atoms with Crippen LogP contribution < -0.4 is 10.7 Å². The van der Waals surface area contributed by atoms with Crippen LogP contribution in [0.15, 0.2) is 105 Å². The number of benzene rings is 3. The zero-order valence-electron chi connectivity index (χ0n) is 22.9. The average molecular weight is 623 g/mol. The predicted molar refractivity (Wildman–Crippen MR) is 160 cm³/mol. The number of furan rings is 1. The average Bonchev–Trinajstić information content (AvgIpc) is 3.45. The monoisotopic (exact) mass is 622 g/mol. The summed E-state index contributed by atoms with van der Waals surface area (Å²) in [5, 5.41) is 6.67. The zero-order valence-corrected chi connectivity index (χ0v) is 24.5. The first-order valence-corrected chi connectivity index (χ1v) is 14.8. The molecule has 0 aliphatic heterocycles. The molecule has 43 heavy (non-hydrogen) atoms. The molecule has 13 heteroatoms. The quantitative estimate of drug-likeness (QED) is 0.108. The molecule has 4 aromatic rings. The summed E-state index contributed by atoms with van der Waals surface area (Å²) < 4.78 is 38.8. The van der Waals surface area contributed by atoms with Gasteiger partial charge in [-0.15, -0.1) is 0 Å². The molecule has 0 unspecified atom stereocenters. The van der Waals surface area contributed by atoms with Crippen molar-refractivity contribution in [3.63, 3.8) is 0 Å². The van der Waals surface area contributed by atoms with Crippen molar-refractivity contribution in [2.24, 2.45) is 5.10 Å². The third kappa shape index (κ3) is 8.61. The summed E-state index contributed by atoms with van der Waals surface area (Å²) in [6.07, 6.45) is 1.18. The molecule has 0 aliphatic rings. The van der Waals surface area contributed by atoms with E-state index in [9.17, 15) is 22.8 Å².